The molecule has 0 amide bonds. The number of hydrogen-bond acceptors (Lipinski definition) is 5. The molecular weight excluding hydrogens is 232 g/mol. The number of nitrogens with one attached hydrogen (secondary N) is 1. The first kappa shape index (κ1) is 10.7. The first-order chi connectivity index (χ1) is 7.19. The summed E-state index contributed by atoms with van der Waals surface area (Å²) in [6, 6.07) is 2.44. The van der Waals surface area contributed by atoms with E-state index < -0.39 is 0 Å². The minimum absolute atomic E-state index is 0.302. The van der Waals surface area contributed by atoms with Crippen molar-refractivity contribution in [2.75, 3.05) is 25.5 Å². The Hall–Kier alpha value is -0.830. The lowest BCUT2D eigenvalue weighted by Gasteiger charge is -2.10. The monoisotopic (exact) mass is 242 g/mol. The van der Waals surface area contributed by atoms with Gasteiger partial charge in [-0.2, -0.15) is 5.26 Å². The minimum atomic E-state index is 0.302. The van der Waals surface area contributed by atoms with Crippen LogP contribution in [0, 0.1) is 11.3 Å². The summed E-state index contributed by atoms with van der Waals surface area (Å²) >= 11 is 7.10. The molecule has 15 heavy (non-hydrogen) atoms. The summed E-state index contributed by atoms with van der Waals surface area (Å²) in [6.07, 6.45) is 1.11. The lowest BCUT2D eigenvalue weighted by molar-refractivity contribution is 0.414. The number of nitrogens with zero attached hydrogens (tertiary/aromatic N) is 3. The topological polar surface area (TPSA) is 52.0 Å². The van der Waals surface area contributed by atoms with Crippen LogP contribution in [0.1, 0.15) is 11.3 Å². The molecule has 0 radical (unpaired) electrons. The van der Waals surface area contributed by atoms with Gasteiger partial charge in [0.1, 0.15) is 10.9 Å². The molecule has 1 aliphatic heterocycles. The lowest BCUT2D eigenvalue weighted by Crippen LogP contribution is -2.23. The van der Waals surface area contributed by atoms with E-state index in [0.717, 1.165) is 24.6 Å². The van der Waals surface area contributed by atoms with Crippen LogP contribution < -0.4 is 5.32 Å². The van der Waals surface area contributed by atoms with Gasteiger partial charge in [0.2, 0.25) is 0 Å². The Morgan fingerprint density at radius 1 is 1.73 bits per heavy atom. The van der Waals surface area contributed by atoms with E-state index in [1.165, 1.54) is 11.3 Å². The molecule has 0 aromatic carbocycles. The van der Waals surface area contributed by atoms with E-state index in [4.69, 9.17) is 16.9 Å². The van der Waals surface area contributed by atoms with Crippen molar-refractivity contribution in [1.29, 1.82) is 5.26 Å². The van der Waals surface area contributed by atoms with Gasteiger partial charge in [-0.1, -0.05) is 22.9 Å². The number of likely N-dealkylation sites (N-methyl/N-ethyl adjacent to an activating group) is 1. The zero-order valence-corrected chi connectivity index (χ0v) is 9.90. The Balaban J connectivity index is 2.02. The molecule has 2 rings (SSSR count). The summed E-state index contributed by atoms with van der Waals surface area (Å²) in [5.41, 5.74) is 0. The molecule has 1 saturated heterocycles. The molecule has 6 heteroatoms. The second-order valence-electron chi connectivity index (χ2n) is 3.64. The van der Waals surface area contributed by atoms with Crippen molar-refractivity contribution in [2.45, 2.75) is 12.5 Å². The van der Waals surface area contributed by atoms with Gasteiger partial charge in [-0.3, -0.25) is 0 Å². The average molecular weight is 243 g/mol. The quantitative estimate of drug-likeness (QED) is 0.859. The third-order valence-electron chi connectivity index (χ3n) is 2.41. The Kier molecular flexibility index (Phi) is 3.10. The third kappa shape index (κ3) is 2.40. The highest BCUT2D eigenvalue weighted by Gasteiger charge is 2.20. The Morgan fingerprint density at radius 3 is 3.07 bits per heavy atom. The zero-order chi connectivity index (χ0) is 10.8. The highest BCUT2D eigenvalue weighted by Crippen LogP contribution is 2.27. The van der Waals surface area contributed by atoms with E-state index in [0.29, 0.717) is 16.1 Å². The largest absolute Gasteiger partial charge is 0.357 e. The predicted octanol–water partition coefficient (Wildman–Crippen LogP) is 1.78. The maximum absolute atomic E-state index is 8.73. The first-order valence-electron chi connectivity index (χ1n) is 4.70. The Morgan fingerprint density at radius 2 is 2.53 bits per heavy atom. The van der Waals surface area contributed by atoms with E-state index in [1.54, 1.807) is 0 Å². The van der Waals surface area contributed by atoms with Gasteiger partial charge < -0.3 is 10.2 Å². The van der Waals surface area contributed by atoms with Crippen LogP contribution in [0.2, 0.25) is 5.15 Å². The average Bonchev–Trinajstić information content (AvgIpc) is 2.73. The number of nitriles is 1. The van der Waals surface area contributed by atoms with Crippen LogP contribution in [0.5, 0.6) is 0 Å². The zero-order valence-electron chi connectivity index (χ0n) is 8.33. The number of aromatic nitrogens is 1. The molecule has 0 spiro atoms. The van der Waals surface area contributed by atoms with Crippen molar-refractivity contribution in [3.05, 3.63) is 10.0 Å². The molecule has 1 fully saturated rings. The number of anilines is 1. The molecule has 1 aliphatic rings. The number of halogens is 1. The maximum Gasteiger partial charge on any atom is 0.185 e. The van der Waals surface area contributed by atoms with Crippen LogP contribution >= 0.6 is 22.9 Å². The molecule has 1 aromatic heterocycles. The number of thiazole rings is 1. The summed E-state index contributed by atoms with van der Waals surface area (Å²) in [6.45, 7) is 2.11. The molecular formula is C9H11ClN4S. The third-order valence-corrected chi connectivity index (χ3v) is 3.68. The van der Waals surface area contributed by atoms with Crippen LogP contribution in [0.25, 0.3) is 0 Å². The normalized spacial score (nSPS) is 21.5. The second-order valence-corrected chi connectivity index (χ2v) is 5.00. The van der Waals surface area contributed by atoms with Gasteiger partial charge in [0, 0.05) is 12.6 Å². The summed E-state index contributed by atoms with van der Waals surface area (Å²) < 4.78 is 0. The minimum Gasteiger partial charge on any atom is -0.357 e. The standard InChI is InChI=1S/C9H11ClN4S/c1-14-3-2-6(5-14)12-9-13-8(10)7(4-11)15-9/h6H,2-3,5H2,1H3,(H,12,13). The number of rotatable bonds is 2. The fourth-order valence-electron chi connectivity index (χ4n) is 1.66. The van der Waals surface area contributed by atoms with Gasteiger partial charge >= 0.3 is 0 Å². The molecule has 4 nitrogen and oxygen atoms in total. The molecule has 0 saturated carbocycles. The van der Waals surface area contributed by atoms with Gasteiger partial charge in [0.25, 0.3) is 0 Å². The molecule has 2 heterocycles. The van der Waals surface area contributed by atoms with E-state index in [9.17, 15) is 0 Å². The van der Waals surface area contributed by atoms with E-state index in [-0.39, 0.29) is 0 Å². The summed E-state index contributed by atoms with van der Waals surface area (Å²) in [5, 5.41) is 13.1. The van der Waals surface area contributed by atoms with Crippen LogP contribution in [-0.2, 0) is 0 Å². The molecule has 1 aromatic rings. The van der Waals surface area contributed by atoms with Gasteiger partial charge in [0.05, 0.1) is 0 Å². The van der Waals surface area contributed by atoms with Gasteiger partial charge in [-0.05, 0) is 20.0 Å². The Labute approximate surface area is 97.5 Å². The van der Waals surface area contributed by atoms with Crippen LogP contribution in [-0.4, -0.2) is 36.1 Å². The first-order valence-corrected chi connectivity index (χ1v) is 5.90. The van der Waals surface area contributed by atoms with Crippen molar-refractivity contribution in [2.24, 2.45) is 0 Å². The van der Waals surface area contributed by atoms with Crippen molar-refractivity contribution in [1.82, 2.24) is 9.88 Å². The fourth-order valence-corrected chi connectivity index (χ4v) is 2.68. The van der Waals surface area contributed by atoms with Crippen LogP contribution in [0.15, 0.2) is 0 Å². The van der Waals surface area contributed by atoms with E-state index in [1.807, 2.05) is 6.07 Å². The fraction of sp³-hybridized carbons (Fsp3) is 0.556. The highest BCUT2D eigenvalue weighted by molar-refractivity contribution is 7.16. The Bertz CT molecular complexity index is 397. The summed E-state index contributed by atoms with van der Waals surface area (Å²) in [5.74, 6) is 0. The van der Waals surface area contributed by atoms with E-state index >= 15 is 0 Å². The molecule has 1 N–H and O–H groups in total. The smallest absolute Gasteiger partial charge is 0.185 e. The lowest BCUT2D eigenvalue weighted by atomic mass is 10.3. The number of likely N-dealkylation sites (tertiary alicyclic amines) is 1. The van der Waals surface area contributed by atoms with Gasteiger partial charge in [-0.15, -0.1) is 0 Å². The van der Waals surface area contributed by atoms with Crippen LogP contribution in [0.3, 0.4) is 0 Å². The SMILES string of the molecule is CN1CCC(Nc2nc(Cl)c(C#N)s2)C1. The summed E-state index contributed by atoms with van der Waals surface area (Å²) in [4.78, 5) is 6.84. The van der Waals surface area contributed by atoms with Gasteiger partial charge in [-0.25, -0.2) is 4.98 Å². The second kappa shape index (κ2) is 4.35. The summed E-state index contributed by atoms with van der Waals surface area (Å²) in [7, 11) is 2.09. The molecule has 1 unspecified atom stereocenters. The molecule has 0 aliphatic carbocycles. The molecule has 1 atom stereocenters. The number of hydrogen-bond donors (Lipinski definition) is 1. The molecule has 80 valence electrons. The van der Waals surface area contributed by atoms with Gasteiger partial charge in [0.15, 0.2) is 10.3 Å². The van der Waals surface area contributed by atoms with E-state index in [2.05, 4.69) is 22.2 Å². The highest BCUT2D eigenvalue weighted by atomic mass is 35.5. The van der Waals surface area contributed by atoms with Crippen LogP contribution in [0.4, 0.5) is 5.13 Å². The van der Waals surface area contributed by atoms with Crippen molar-refractivity contribution in [3.63, 3.8) is 0 Å². The molecule has 0 bridgehead atoms. The predicted molar refractivity (Wildman–Crippen MR) is 61.4 cm³/mol. The van der Waals surface area contributed by atoms with Crippen molar-refractivity contribution < 1.29 is 0 Å². The van der Waals surface area contributed by atoms with Crippen molar-refractivity contribution in [3.8, 4) is 6.07 Å². The maximum atomic E-state index is 8.73. The van der Waals surface area contributed by atoms with Crippen molar-refractivity contribution >= 4 is 28.1 Å².